The number of nitrogens with zero attached hydrogens (tertiary/aromatic N) is 17. The SMILES string of the molecule is CC[C@@H]1CC(N(Cc2cc(C(F)(F)F)cc(C(F)(F)F)c2)c2ncc(-c3ccn(C)c3)cn2)C[C@H](CC)N1C(=O)OC1CCC(C(=O)O)CC1.CC[C@@H]1CC(N(Cc2cc(C(F)(F)F)cc(C(F)(F)F)c2)c2ncc(-c3cnn(C)c3)cn2)C[C@H](CC)N1C(=O)OC1CCC(C(=O)O)CC1.Cc1cc(C)c2c(c1)[C@@H](N(Cc1cc(C(F)(F)F)cc(C(F)(F)F)c1)c1nnn(C)n1)CCCN2CC1CCC(C(=O)O)CC1. The molecule has 4 aromatic carbocycles. The maximum Gasteiger partial charge on any atom is 0.416 e. The van der Waals surface area contributed by atoms with Crippen molar-refractivity contribution in [3.63, 3.8) is 0 Å². The van der Waals surface area contributed by atoms with Crippen molar-refractivity contribution in [2.45, 2.75) is 294 Å². The van der Waals surface area contributed by atoms with Crippen LogP contribution in [0.5, 0.6) is 0 Å². The van der Waals surface area contributed by atoms with Gasteiger partial charge in [0.05, 0.1) is 70.4 Å². The molecular formula is C100H117F18N17O10. The van der Waals surface area contributed by atoms with E-state index in [0.29, 0.717) is 164 Å². The fourth-order valence-corrected chi connectivity index (χ4v) is 21.0. The van der Waals surface area contributed by atoms with Crippen LogP contribution in [0.15, 0.2) is 122 Å². The summed E-state index contributed by atoms with van der Waals surface area (Å²) >= 11 is 0. The Labute approximate surface area is 825 Å². The number of aliphatic carboxylic acids is 3. The number of ether oxygens (including phenoxy) is 2. The summed E-state index contributed by atoms with van der Waals surface area (Å²) < 4.78 is 263. The maximum absolute atomic E-state index is 13.8. The van der Waals surface area contributed by atoms with Crippen molar-refractivity contribution in [2.75, 3.05) is 32.7 Å². The van der Waals surface area contributed by atoms with Crippen LogP contribution in [0, 0.1) is 37.5 Å². The molecular weight excluding hydrogens is 1940 g/mol. The van der Waals surface area contributed by atoms with Gasteiger partial charge >= 0.3 is 67.2 Å². The van der Waals surface area contributed by atoms with E-state index < -0.39 is 143 Å². The van der Waals surface area contributed by atoms with Gasteiger partial charge in [-0.25, -0.2) is 29.5 Å². The number of likely N-dealkylation sites (tertiary alicyclic amines) is 2. The zero-order valence-corrected chi connectivity index (χ0v) is 81.2. The van der Waals surface area contributed by atoms with Gasteiger partial charge in [0.25, 0.3) is 5.95 Å². The van der Waals surface area contributed by atoms with Crippen LogP contribution in [0.25, 0.3) is 22.3 Å². The molecule has 2 saturated heterocycles. The van der Waals surface area contributed by atoms with Crippen molar-refractivity contribution in [1.29, 1.82) is 0 Å². The second-order valence-electron chi connectivity index (χ2n) is 38.6. The number of hydrogen-bond donors (Lipinski definition) is 3. The lowest BCUT2D eigenvalue weighted by atomic mass is 9.81. The molecule has 5 aromatic heterocycles. The third-order valence-electron chi connectivity index (χ3n) is 28.4. The number of carbonyl (C=O) groups excluding carboxylic acids is 2. The number of halogens is 18. The molecule has 8 heterocycles. The van der Waals surface area contributed by atoms with Crippen molar-refractivity contribution < 1.29 is 128 Å². The molecule has 45 heteroatoms. The average molecular weight is 2060 g/mol. The first-order chi connectivity index (χ1) is 68.2. The van der Waals surface area contributed by atoms with Crippen molar-refractivity contribution in [2.24, 2.45) is 44.8 Å². The second kappa shape index (κ2) is 45.6. The first kappa shape index (κ1) is 110. The minimum Gasteiger partial charge on any atom is -0.481 e. The highest BCUT2D eigenvalue weighted by Crippen LogP contribution is 2.48. The van der Waals surface area contributed by atoms with E-state index >= 15 is 0 Å². The zero-order valence-electron chi connectivity index (χ0n) is 81.2. The summed E-state index contributed by atoms with van der Waals surface area (Å²) in [6.45, 7) is 11.9. The molecule has 27 nitrogen and oxygen atoms in total. The quantitative estimate of drug-likeness (QED) is 0.0448. The van der Waals surface area contributed by atoms with Crippen LogP contribution in [-0.4, -0.2) is 171 Å². The van der Waals surface area contributed by atoms with Gasteiger partial charge in [-0.1, -0.05) is 50.5 Å². The summed E-state index contributed by atoms with van der Waals surface area (Å²) in [6, 6.07) is 7.80. The van der Waals surface area contributed by atoms with E-state index in [1.807, 2.05) is 77.7 Å². The number of benzene rings is 4. The molecule has 3 N–H and O–H groups in total. The summed E-state index contributed by atoms with van der Waals surface area (Å²) in [7, 11) is 5.13. The Morgan fingerprint density at radius 1 is 0.428 bits per heavy atom. The lowest BCUT2D eigenvalue weighted by Crippen LogP contribution is -2.57. The maximum atomic E-state index is 13.8. The number of carboxylic acids is 3. The number of rotatable bonds is 25. The number of aryl methyl sites for hydroxylation is 5. The Hall–Kier alpha value is -12.5. The second-order valence-corrected chi connectivity index (χ2v) is 38.6. The third kappa shape index (κ3) is 27.6. The van der Waals surface area contributed by atoms with Gasteiger partial charge in [0.2, 0.25) is 11.9 Å². The fourth-order valence-electron chi connectivity index (χ4n) is 21.0. The zero-order chi connectivity index (χ0) is 105. The predicted molar refractivity (Wildman–Crippen MR) is 496 cm³/mol. The molecule has 15 rings (SSSR count). The number of hydrogen-bond acceptors (Lipinski definition) is 19. The number of piperidine rings is 2. The molecule has 0 bridgehead atoms. The first-order valence-corrected chi connectivity index (χ1v) is 48.4. The molecule has 788 valence electrons. The highest BCUT2D eigenvalue weighted by molar-refractivity contribution is 5.73. The lowest BCUT2D eigenvalue weighted by Gasteiger charge is -2.47. The number of fused-ring (bicyclic) bond motifs is 1. The van der Waals surface area contributed by atoms with E-state index in [1.54, 1.807) is 61.0 Å². The van der Waals surface area contributed by atoms with Crippen LogP contribution < -0.4 is 19.6 Å². The molecule has 0 radical (unpaired) electrons. The van der Waals surface area contributed by atoms with E-state index in [-0.39, 0.29) is 102 Å². The minimum absolute atomic E-state index is 0.0963. The summed E-state index contributed by atoms with van der Waals surface area (Å²) in [5.41, 5.74) is -2.32. The molecule has 3 saturated carbocycles. The third-order valence-corrected chi connectivity index (χ3v) is 28.4. The lowest BCUT2D eigenvalue weighted by molar-refractivity contribution is -0.144. The number of amides is 2. The number of carbonyl (C=O) groups is 5. The minimum atomic E-state index is -5.01. The summed E-state index contributed by atoms with van der Waals surface area (Å²) in [6.07, 6.45) is -7.77. The molecule has 3 aliphatic heterocycles. The van der Waals surface area contributed by atoms with E-state index in [2.05, 4.69) is 51.4 Å². The molecule has 2 amide bonds. The molecule has 6 aliphatic rings. The van der Waals surface area contributed by atoms with Gasteiger partial charge < -0.3 is 58.8 Å². The van der Waals surface area contributed by atoms with Crippen molar-refractivity contribution >= 4 is 53.6 Å². The molecule has 145 heavy (non-hydrogen) atoms. The number of anilines is 4. The summed E-state index contributed by atoms with van der Waals surface area (Å²) in [5.74, 6) is -3.10. The Morgan fingerprint density at radius 2 is 0.793 bits per heavy atom. The van der Waals surface area contributed by atoms with E-state index in [0.717, 1.165) is 77.2 Å². The molecule has 0 spiro atoms. The van der Waals surface area contributed by atoms with Crippen LogP contribution in [0.3, 0.4) is 0 Å². The van der Waals surface area contributed by atoms with Crippen LogP contribution in [0.1, 0.15) is 242 Å². The summed E-state index contributed by atoms with van der Waals surface area (Å²) in [5, 5.41) is 44.6. The standard InChI is InChI=1S/C35H41F6N5O4.C34H40F6N6O4.C31H36F6N6O2/c1-4-27-15-29(16-28(5-2)46(27)33(49)50-30-8-6-22(7-9-30)31(47)48)45(32-42-17-24(18-43-32)23-10-11-44(3)20-23)19-21-12-25(34(36,37)38)14-26(13-21)35(39,40)41;1-4-26-13-28(14-27(5-2)46(26)32(49)50-29-8-6-21(7-9-29)30(47)48)45(31-41-15-22(16-42-31)23-17-43-44(3)19-23)18-20-10-24(33(35,36)37)12-25(11-20)34(38,39)40;1-18-11-19(2)27-25(12-18)26(5-4-10-42(27)16-20-6-8-22(9-7-20)28(44)45)43(29-38-40-41(3)39-29)17-21-13-23(30(32,33)34)15-24(14-21)31(35,36)37/h10-14,17-18,20,22,27-30H,4-9,15-16,19H2,1-3H3,(H,47,48);10-12,15-17,19,21,26-29H,4-9,13-14,18H2,1-3H3,(H,47,48);11-15,20,22,26H,4-10,16-17H2,1-3H3,(H,44,45)/t22?,27-,28+,29?,30?;21?,26-,27+,28?,29?;20?,22?,26-/m..0/s1. The topological polar surface area (TPSA) is 302 Å². The average Bonchev–Trinajstić information content (AvgIpc) is 1.63. The van der Waals surface area contributed by atoms with Crippen molar-refractivity contribution in [1.82, 2.24) is 64.3 Å². The van der Waals surface area contributed by atoms with Gasteiger partial charge in [-0.3, -0.25) is 19.1 Å². The smallest absolute Gasteiger partial charge is 0.416 e. The monoisotopic (exact) mass is 2060 g/mol. The number of carboxylic acid groups (broad SMARTS) is 3. The van der Waals surface area contributed by atoms with Gasteiger partial charge in [-0.2, -0.15) is 88.9 Å². The first-order valence-electron chi connectivity index (χ1n) is 48.4. The Balaban J connectivity index is 0.000000182. The van der Waals surface area contributed by atoms with Crippen LogP contribution in [-0.2, 0) is 102 Å². The summed E-state index contributed by atoms with van der Waals surface area (Å²) in [4.78, 5) is 91.4. The van der Waals surface area contributed by atoms with Crippen LogP contribution in [0.2, 0.25) is 0 Å². The highest BCUT2D eigenvalue weighted by atomic mass is 19.4. The van der Waals surface area contributed by atoms with Crippen molar-refractivity contribution in [3.05, 3.63) is 189 Å². The van der Waals surface area contributed by atoms with Gasteiger partial charge in [-0.15, -0.1) is 5.10 Å². The van der Waals surface area contributed by atoms with Gasteiger partial charge in [0.1, 0.15) is 12.2 Å². The Morgan fingerprint density at radius 3 is 1.12 bits per heavy atom. The molecule has 7 atom stereocenters. The molecule has 2 unspecified atom stereocenters. The number of alkyl halides is 18. The predicted octanol–water partition coefficient (Wildman–Crippen LogP) is 23.2. The van der Waals surface area contributed by atoms with Crippen LogP contribution in [0.4, 0.5) is 112 Å². The van der Waals surface area contributed by atoms with Crippen LogP contribution >= 0.6 is 0 Å². The number of aromatic nitrogens is 11. The largest absolute Gasteiger partial charge is 0.481 e. The number of tetrazole rings is 1. The highest BCUT2D eigenvalue weighted by Gasteiger charge is 2.48. The van der Waals surface area contributed by atoms with E-state index in [4.69, 9.17) is 9.47 Å². The molecule has 5 fully saturated rings. The van der Waals surface area contributed by atoms with Gasteiger partial charge in [0, 0.05) is 154 Å². The molecule has 9 aromatic rings. The van der Waals surface area contributed by atoms with Gasteiger partial charge in [-0.05, 0) is 255 Å². The molecule has 3 aliphatic carbocycles. The van der Waals surface area contributed by atoms with Gasteiger partial charge in [0.15, 0.2) is 0 Å². The Kier molecular flexibility index (Phi) is 34.5. The fraction of sp³-hybridized carbons (Fsp3) is 0.550. The van der Waals surface area contributed by atoms with E-state index in [1.165, 1.54) is 24.2 Å². The van der Waals surface area contributed by atoms with Crippen molar-refractivity contribution in [3.8, 4) is 22.3 Å². The Bertz CT molecular complexity index is 5560. The van der Waals surface area contributed by atoms with E-state index in [9.17, 15) is 118 Å². The normalized spacial score (nSPS) is 22.4.